The number of aldehydes is 1. The van der Waals surface area contributed by atoms with E-state index in [0.717, 1.165) is 12.0 Å². The molecule has 0 aliphatic heterocycles. The number of carbonyl (C=O) groups is 1. The van der Waals surface area contributed by atoms with E-state index < -0.39 is 0 Å². The maximum Gasteiger partial charge on any atom is 0.151 e. The lowest BCUT2D eigenvalue weighted by Gasteiger charge is -1.94. The van der Waals surface area contributed by atoms with Crippen LogP contribution in [0.5, 0.6) is 0 Å². The van der Waals surface area contributed by atoms with Crippen molar-refractivity contribution in [1.29, 1.82) is 0 Å². The van der Waals surface area contributed by atoms with Crippen LogP contribution in [-0.2, 0) is 7.05 Å². The zero-order valence-corrected chi connectivity index (χ0v) is 7.21. The van der Waals surface area contributed by atoms with Crippen molar-refractivity contribution in [3.05, 3.63) is 36.4 Å². The Morgan fingerprint density at radius 1 is 1.46 bits per heavy atom. The molecule has 2 aromatic heterocycles. The third kappa shape index (κ3) is 1.38. The average molecular weight is 175 g/mol. The van der Waals surface area contributed by atoms with Crippen LogP contribution in [-0.4, -0.2) is 20.6 Å². The fourth-order valence-corrected chi connectivity index (χ4v) is 1.18. The molecule has 0 unspecified atom stereocenters. The smallest absolute Gasteiger partial charge is 0.151 e. The van der Waals surface area contributed by atoms with Crippen LogP contribution in [0.1, 0.15) is 10.4 Å². The summed E-state index contributed by atoms with van der Waals surface area (Å²) in [6, 6.07) is 1.76. The second kappa shape index (κ2) is 2.90. The lowest BCUT2D eigenvalue weighted by Crippen LogP contribution is -1.87. The van der Waals surface area contributed by atoms with Crippen molar-refractivity contribution in [2.45, 2.75) is 0 Å². The van der Waals surface area contributed by atoms with E-state index in [1.165, 1.54) is 0 Å². The van der Waals surface area contributed by atoms with E-state index in [4.69, 9.17) is 0 Å². The van der Waals surface area contributed by atoms with Crippen LogP contribution in [0.3, 0.4) is 0 Å². The molecule has 4 nitrogen and oxygen atoms in total. The van der Waals surface area contributed by atoms with E-state index in [-0.39, 0.29) is 0 Å². The van der Waals surface area contributed by atoms with E-state index in [2.05, 4.69) is 5.10 Å². The van der Waals surface area contributed by atoms with Crippen LogP contribution < -0.4 is 0 Å². The van der Waals surface area contributed by atoms with Gasteiger partial charge in [-0.1, -0.05) is 0 Å². The zero-order chi connectivity index (χ0) is 9.26. The molecule has 0 fully saturated rings. The summed E-state index contributed by atoms with van der Waals surface area (Å²) in [5, 5.41) is 4.04. The van der Waals surface area contributed by atoms with E-state index in [0.29, 0.717) is 5.56 Å². The summed E-state index contributed by atoms with van der Waals surface area (Å²) in [4.78, 5) is 10.4. The van der Waals surface area contributed by atoms with Crippen molar-refractivity contribution in [2.75, 3.05) is 0 Å². The molecular formula is C9H9N3O. The molecule has 0 saturated heterocycles. The van der Waals surface area contributed by atoms with Gasteiger partial charge in [-0.05, 0) is 6.07 Å². The molecule has 0 amide bonds. The van der Waals surface area contributed by atoms with Gasteiger partial charge < -0.3 is 4.57 Å². The van der Waals surface area contributed by atoms with Crippen LogP contribution in [0.15, 0.2) is 30.9 Å². The molecule has 2 rings (SSSR count). The third-order valence-electron chi connectivity index (χ3n) is 1.84. The Kier molecular flexibility index (Phi) is 1.73. The second-order valence-electron chi connectivity index (χ2n) is 2.84. The lowest BCUT2D eigenvalue weighted by molar-refractivity contribution is 0.112. The molecule has 2 aromatic rings. The molecule has 0 aliphatic rings. The van der Waals surface area contributed by atoms with E-state index >= 15 is 0 Å². The van der Waals surface area contributed by atoms with Gasteiger partial charge in [0.1, 0.15) is 0 Å². The summed E-state index contributed by atoms with van der Waals surface area (Å²) >= 11 is 0. The number of hydrogen-bond donors (Lipinski definition) is 0. The zero-order valence-electron chi connectivity index (χ0n) is 7.21. The summed E-state index contributed by atoms with van der Waals surface area (Å²) in [5.74, 6) is 0. The lowest BCUT2D eigenvalue weighted by atomic mass is 10.4. The Morgan fingerprint density at radius 2 is 2.31 bits per heavy atom. The standard InChI is InChI=1S/C9H9N3O/c1-11-6-9(4-10-11)12-3-2-8(5-12)7-13/h2-7H,1H3. The first-order valence-electron chi connectivity index (χ1n) is 3.92. The molecule has 0 N–H and O–H groups in total. The fraction of sp³-hybridized carbons (Fsp3) is 0.111. The van der Waals surface area contributed by atoms with Crippen molar-refractivity contribution in [2.24, 2.45) is 7.05 Å². The highest BCUT2D eigenvalue weighted by molar-refractivity contribution is 5.74. The van der Waals surface area contributed by atoms with Crippen LogP contribution in [0.2, 0.25) is 0 Å². The minimum absolute atomic E-state index is 0.670. The monoisotopic (exact) mass is 175 g/mol. The SMILES string of the molecule is Cn1cc(-n2ccc(C=O)c2)cn1. The number of aromatic nitrogens is 3. The van der Waals surface area contributed by atoms with Crippen LogP contribution >= 0.6 is 0 Å². The number of hydrogen-bond acceptors (Lipinski definition) is 2. The number of nitrogens with zero attached hydrogens (tertiary/aromatic N) is 3. The van der Waals surface area contributed by atoms with Gasteiger partial charge in [-0.15, -0.1) is 0 Å². The molecule has 13 heavy (non-hydrogen) atoms. The van der Waals surface area contributed by atoms with E-state index in [1.807, 2.05) is 24.0 Å². The largest absolute Gasteiger partial charge is 0.320 e. The Balaban J connectivity index is 2.40. The third-order valence-corrected chi connectivity index (χ3v) is 1.84. The van der Waals surface area contributed by atoms with Gasteiger partial charge in [0, 0.05) is 31.2 Å². The maximum absolute atomic E-state index is 10.4. The first-order valence-corrected chi connectivity index (χ1v) is 3.92. The summed E-state index contributed by atoms with van der Waals surface area (Å²) in [7, 11) is 1.85. The molecule has 0 aliphatic carbocycles. The normalized spacial score (nSPS) is 10.2. The molecule has 0 radical (unpaired) electrons. The summed E-state index contributed by atoms with van der Waals surface area (Å²) < 4.78 is 3.58. The Hall–Kier alpha value is -1.84. The van der Waals surface area contributed by atoms with Crippen molar-refractivity contribution in [1.82, 2.24) is 14.3 Å². The molecule has 2 heterocycles. The number of rotatable bonds is 2. The van der Waals surface area contributed by atoms with Crippen LogP contribution in [0, 0.1) is 0 Å². The molecule has 0 spiro atoms. The van der Waals surface area contributed by atoms with Gasteiger partial charge in [-0.25, -0.2) is 0 Å². The van der Waals surface area contributed by atoms with Crippen molar-refractivity contribution in [3.8, 4) is 5.69 Å². The Bertz CT molecular complexity index is 428. The van der Waals surface area contributed by atoms with Gasteiger partial charge in [0.05, 0.1) is 11.9 Å². The summed E-state index contributed by atoms with van der Waals surface area (Å²) in [6.07, 6.45) is 8.06. The summed E-state index contributed by atoms with van der Waals surface area (Å²) in [6.45, 7) is 0. The van der Waals surface area contributed by atoms with Gasteiger partial charge in [0.25, 0.3) is 0 Å². The first kappa shape index (κ1) is 7.79. The first-order chi connectivity index (χ1) is 6.29. The van der Waals surface area contributed by atoms with Gasteiger partial charge in [-0.2, -0.15) is 5.10 Å². The van der Waals surface area contributed by atoms with Gasteiger partial charge in [0.2, 0.25) is 0 Å². The molecule has 0 bridgehead atoms. The predicted octanol–water partition coefficient (Wildman–Crippen LogP) is 1.02. The van der Waals surface area contributed by atoms with Crippen LogP contribution in [0.25, 0.3) is 5.69 Å². The molecule has 0 atom stereocenters. The van der Waals surface area contributed by atoms with E-state index in [1.54, 1.807) is 23.1 Å². The Morgan fingerprint density at radius 3 is 2.85 bits per heavy atom. The Labute approximate surface area is 75.4 Å². The van der Waals surface area contributed by atoms with Gasteiger partial charge in [0.15, 0.2) is 6.29 Å². The topological polar surface area (TPSA) is 39.8 Å². The highest BCUT2D eigenvalue weighted by Gasteiger charge is 1.99. The quantitative estimate of drug-likeness (QED) is 0.639. The highest BCUT2D eigenvalue weighted by atomic mass is 16.1. The number of aryl methyl sites for hydroxylation is 1. The maximum atomic E-state index is 10.4. The average Bonchev–Trinajstić information content (AvgIpc) is 2.71. The number of carbonyl (C=O) groups excluding carboxylic acids is 1. The molecule has 0 saturated carbocycles. The molecule has 66 valence electrons. The van der Waals surface area contributed by atoms with Crippen molar-refractivity contribution < 1.29 is 4.79 Å². The van der Waals surface area contributed by atoms with E-state index in [9.17, 15) is 4.79 Å². The fourth-order valence-electron chi connectivity index (χ4n) is 1.18. The van der Waals surface area contributed by atoms with Gasteiger partial charge in [-0.3, -0.25) is 9.48 Å². The molecule has 4 heteroatoms. The van der Waals surface area contributed by atoms with Crippen LogP contribution in [0.4, 0.5) is 0 Å². The highest BCUT2D eigenvalue weighted by Crippen LogP contribution is 2.07. The van der Waals surface area contributed by atoms with Crippen molar-refractivity contribution >= 4 is 6.29 Å². The second-order valence-corrected chi connectivity index (χ2v) is 2.84. The minimum Gasteiger partial charge on any atom is -0.320 e. The van der Waals surface area contributed by atoms with Crippen molar-refractivity contribution in [3.63, 3.8) is 0 Å². The molecule has 0 aromatic carbocycles. The molecular weight excluding hydrogens is 166 g/mol. The predicted molar refractivity (Wildman–Crippen MR) is 47.9 cm³/mol. The summed E-state index contributed by atoms with van der Waals surface area (Å²) in [5.41, 5.74) is 1.62. The van der Waals surface area contributed by atoms with Gasteiger partial charge >= 0.3 is 0 Å². The minimum atomic E-state index is 0.670.